The summed E-state index contributed by atoms with van der Waals surface area (Å²) in [6.07, 6.45) is 7.65. The number of amides is 2. The monoisotopic (exact) mass is 284 g/mol. The van der Waals surface area contributed by atoms with E-state index < -0.39 is 0 Å². The molecule has 1 heterocycles. The first kappa shape index (κ1) is 15.6. The van der Waals surface area contributed by atoms with Crippen molar-refractivity contribution in [3.05, 3.63) is 0 Å². The molecule has 1 aliphatic carbocycles. The number of rotatable bonds is 7. The first-order valence-corrected chi connectivity index (χ1v) is 7.94. The Morgan fingerprint density at radius 1 is 1.30 bits per heavy atom. The Bertz CT molecular complexity index is 287. The molecule has 1 N–H and O–H groups in total. The molecule has 20 heavy (non-hydrogen) atoms. The first-order valence-electron chi connectivity index (χ1n) is 7.94. The number of nitrogens with one attached hydrogen (secondary N) is 1. The third-order valence-electron chi connectivity index (χ3n) is 4.20. The van der Waals surface area contributed by atoms with Crippen molar-refractivity contribution < 1.29 is 14.3 Å². The fraction of sp³-hybridized carbons (Fsp3) is 0.933. The van der Waals surface area contributed by atoms with Crippen LogP contribution < -0.4 is 5.32 Å². The van der Waals surface area contributed by atoms with Gasteiger partial charge in [-0.2, -0.15) is 0 Å². The van der Waals surface area contributed by atoms with Crippen LogP contribution >= 0.6 is 0 Å². The Morgan fingerprint density at radius 2 is 2.10 bits per heavy atom. The molecule has 0 radical (unpaired) electrons. The Balaban J connectivity index is 1.48. The van der Waals surface area contributed by atoms with E-state index in [4.69, 9.17) is 9.47 Å². The molecule has 0 spiro atoms. The Hall–Kier alpha value is -0.810. The number of nitrogens with zero attached hydrogens (tertiary/aromatic N) is 1. The average molecular weight is 284 g/mol. The summed E-state index contributed by atoms with van der Waals surface area (Å²) in [5, 5.41) is 2.90. The van der Waals surface area contributed by atoms with Gasteiger partial charge in [0, 0.05) is 26.7 Å². The van der Waals surface area contributed by atoms with E-state index in [9.17, 15) is 4.79 Å². The molecule has 1 saturated heterocycles. The standard InChI is InChI=1S/C15H28N2O3/c1-17(11-13-5-2-3-6-13)15(18)16-8-10-19-12-14-7-4-9-20-14/h13-14H,2-12H2,1H3,(H,16,18)/t14-/m0/s1. The summed E-state index contributed by atoms with van der Waals surface area (Å²) in [5.41, 5.74) is 0. The second-order valence-electron chi connectivity index (χ2n) is 5.97. The SMILES string of the molecule is CN(CC1CCCC1)C(=O)NCCOC[C@@H]1CCCO1. The van der Waals surface area contributed by atoms with E-state index in [1.807, 2.05) is 7.05 Å². The summed E-state index contributed by atoms with van der Waals surface area (Å²) in [4.78, 5) is 13.7. The molecule has 1 aliphatic heterocycles. The first-order chi connectivity index (χ1) is 9.75. The van der Waals surface area contributed by atoms with Gasteiger partial charge in [0.25, 0.3) is 0 Å². The quantitative estimate of drug-likeness (QED) is 0.728. The number of carbonyl (C=O) groups is 1. The van der Waals surface area contributed by atoms with Gasteiger partial charge in [-0.15, -0.1) is 0 Å². The number of hydrogen-bond donors (Lipinski definition) is 1. The summed E-state index contributed by atoms with van der Waals surface area (Å²) in [6, 6.07) is 0.0117. The third kappa shape index (κ3) is 5.29. The number of carbonyl (C=O) groups excluding carboxylic acids is 1. The smallest absolute Gasteiger partial charge is 0.317 e. The summed E-state index contributed by atoms with van der Waals surface area (Å²) in [5.74, 6) is 0.696. The summed E-state index contributed by atoms with van der Waals surface area (Å²) >= 11 is 0. The Morgan fingerprint density at radius 3 is 2.80 bits per heavy atom. The lowest BCUT2D eigenvalue weighted by Crippen LogP contribution is -2.41. The van der Waals surface area contributed by atoms with Crippen LogP contribution in [0.1, 0.15) is 38.5 Å². The molecule has 2 amide bonds. The lowest BCUT2D eigenvalue weighted by molar-refractivity contribution is 0.0186. The summed E-state index contributed by atoms with van der Waals surface area (Å²) < 4.78 is 11.0. The lowest BCUT2D eigenvalue weighted by Gasteiger charge is -2.21. The van der Waals surface area contributed by atoms with Crippen LogP contribution in [0, 0.1) is 5.92 Å². The molecular formula is C15H28N2O3. The van der Waals surface area contributed by atoms with Crippen molar-refractivity contribution >= 4 is 6.03 Å². The molecule has 2 fully saturated rings. The van der Waals surface area contributed by atoms with Crippen LogP contribution in [0.25, 0.3) is 0 Å². The highest BCUT2D eigenvalue weighted by molar-refractivity contribution is 5.73. The van der Waals surface area contributed by atoms with E-state index in [0.717, 1.165) is 26.0 Å². The van der Waals surface area contributed by atoms with Gasteiger partial charge in [-0.05, 0) is 31.6 Å². The van der Waals surface area contributed by atoms with Crippen molar-refractivity contribution in [3.8, 4) is 0 Å². The Kier molecular flexibility index (Phi) is 6.60. The maximum absolute atomic E-state index is 11.9. The fourth-order valence-electron chi connectivity index (χ4n) is 3.02. The van der Waals surface area contributed by atoms with E-state index in [0.29, 0.717) is 25.7 Å². The van der Waals surface area contributed by atoms with Crippen LogP contribution in [0.5, 0.6) is 0 Å². The molecule has 0 aromatic heterocycles. The molecule has 2 rings (SSSR count). The summed E-state index contributed by atoms with van der Waals surface area (Å²) in [6.45, 7) is 3.51. The maximum Gasteiger partial charge on any atom is 0.317 e. The van der Waals surface area contributed by atoms with Crippen molar-refractivity contribution in [2.75, 3.05) is 40.0 Å². The van der Waals surface area contributed by atoms with Gasteiger partial charge in [-0.3, -0.25) is 0 Å². The molecule has 5 heteroatoms. The predicted octanol–water partition coefficient (Wildman–Crippen LogP) is 2.01. The largest absolute Gasteiger partial charge is 0.377 e. The van der Waals surface area contributed by atoms with E-state index in [2.05, 4.69) is 5.32 Å². The van der Waals surface area contributed by atoms with Gasteiger partial charge < -0.3 is 19.7 Å². The highest BCUT2D eigenvalue weighted by atomic mass is 16.5. The van der Waals surface area contributed by atoms with Gasteiger partial charge in [0.05, 0.1) is 19.3 Å². The van der Waals surface area contributed by atoms with Crippen molar-refractivity contribution in [3.63, 3.8) is 0 Å². The second kappa shape index (κ2) is 8.47. The highest BCUT2D eigenvalue weighted by Crippen LogP contribution is 2.25. The summed E-state index contributed by atoms with van der Waals surface area (Å²) in [7, 11) is 1.88. The van der Waals surface area contributed by atoms with Gasteiger partial charge in [-0.1, -0.05) is 12.8 Å². The van der Waals surface area contributed by atoms with Gasteiger partial charge in [0.15, 0.2) is 0 Å². The zero-order valence-corrected chi connectivity index (χ0v) is 12.6. The van der Waals surface area contributed by atoms with Crippen LogP contribution in [-0.2, 0) is 9.47 Å². The molecule has 1 saturated carbocycles. The van der Waals surface area contributed by atoms with E-state index in [1.165, 1.54) is 25.7 Å². The molecule has 0 aromatic rings. The van der Waals surface area contributed by atoms with E-state index in [1.54, 1.807) is 4.90 Å². The van der Waals surface area contributed by atoms with Crippen LogP contribution in [0.3, 0.4) is 0 Å². The van der Waals surface area contributed by atoms with Crippen molar-refractivity contribution in [2.24, 2.45) is 5.92 Å². The van der Waals surface area contributed by atoms with Crippen LogP contribution in [0.4, 0.5) is 4.79 Å². The molecule has 0 aromatic carbocycles. The zero-order chi connectivity index (χ0) is 14.2. The van der Waals surface area contributed by atoms with E-state index in [-0.39, 0.29) is 12.1 Å². The van der Waals surface area contributed by atoms with Crippen molar-refractivity contribution in [1.29, 1.82) is 0 Å². The van der Waals surface area contributed by atoms with Crippen molar-refractivity contribution in [2.45, 2.75) is 44.6 Å². The molecule has 0 unspecified atom stereocenters. The third-order valence-corrected chi connectivity index (χ3v) is 4.20. The normalized spacial score (nSPS) is 23.1. The van der Waals surface area contributed by atoms with Crippen LogP contribution in [-0.4, -0.2) is 57.0 Å². The molecule has 5 nitrogen and oxygen atoms in total. The number of hydrogen-bond acceptors (Lipinski definition) is 3. The average Bonchev–Trinajstić information content (AvgIpc) is 3.11. The van der Waals surface area contributed by atoms with Gasteiger partial charge in [-0.25, -0.2) is 4.79 Å². The minimum absolute atomic E-state index is 0.0117. The fourth-order valence-corrected chi connectivity index (χ4v) is 3.02. The number of ether oxygens (including phenoxy) is 2. The molecular weight excluding hydrogens is 256 g/mol. The lowest BCUT2D eigenvalue weighted by atomic mass is 10.1. The minimum Gasteiger partial charge on any atom is -0.377 e. The molecule has 116 valence electrons. The van der Waals surface area contributed by atoms with E-state index >= 15 is 0 Å². The zero-order valence-electron chi connectivity index (χ0n) is 12.6. The Labute approximate surface area is 122 Å². The van der Waals surface area contributed by atoms with Crippen LogP contribution in [0.15, 0.2) is 0 Å². The molecule has 1 atom stereocenters. The maximum atomic E-state index is 11.9. The van der Waals surface area contributed by atoms with Gasteiger partial charge >= 0.3 is 6.03 Å². The molecule has 0 bridgehead atoms. The number of urea groups is 1. The van der Waals surface area contributed by atoms with Gasteiger partial charge in [0.1, 0.15) is 0 Å². The predicted molar refractivity (Wildman–Crippen MR) is 77.8 cm³/mol. The highest BCUT2D eigenvalue weighted by Gasteiger charge is 2.19. The van der Waals surface area contributed by atoms with Crippen molar-refractivity contribution in [1.82, 2.24) is 10.2 Å². The second-order valence-corrected chi connectivity index (χ2v) is 5.97. The van der Waals surface area contributed by atoms with Crippen LogP contribution in [0.2, 0.25) is 0 Å². The topological polar surface area (TPSA) is 50.8 Å². The van der Waals surface area contributed by atoms with Gasteiger partial charge in [0.2, 0.25) is 0 Å². The minimum atomic E-state index is 0.0117. The molecule has 2 aliphatic rings.